The maximum atomic E-state index is 12.9. The number of alkyl halides is 3. The minimum Gasteiger partial charge on any atom is -0.508 e. The molecule has 1 aliphatic rings. The van der Waals surface area contributed by atoms with Gasteiger partial charge in [-0.15, -0.1) is 0 Å². The summed E-state index contributed by atoms with van der Waals surface area (Å²) in [5.41, 5.74) is 1.73. The fraction of sp³-hybridized carbons (Fsp3) is 0.348. The van der Waals surface area contributed by atoms with Crippen LogP contribution in [0.15, 0.2) is 60.3 Å². The molecule has 5 nitrogen and oxygen atoms in total. The topological polar surface area (TPSA) is 72.8 Å². The number of nitrogens with one attached hydrogen (secondary N) is 1. The number of ketones is 1. The standard InChI is InChI=1S/C23H25F3N2O3/c24-23(25,26)22(31)18-5-10-21(27-13-11-16-1-6-19(29)7-2-16)28(15-18)14-12-17-3-8-20(30)9-4-17/h1-4,6-9,15,21,27,29-30H,5,10-14H2. The zero-order valence-electron chi connectivity index (χ0n) is 16.9. The molecule has 1 aliphatic heterocycles. The van der Waals surface area contributed by atoms with E-state index in [-0.39, 0.29) is 29.7 Å². The van der Waals surface area contributed by atoms with Crippen LogP contribution in [0.1, 0.15) is 24.0 Å². The smallest absolute Gasteiger partial charge is 0.454 e. The van der Waals surface area contributed by atoms with Gasteiger partial charge in [-0.1, -0.05) is 24.3 Å². The summed E-state index contributed by atoms with van der Waals surface area (Å²) in [4.78, 5) is 13.5. The van der Waals surface area contributed by atoms with E-state index < -0.39 is 12.0 Å². The molecular formula is C23H25F3N2O3. The first-order valence-electron chi connectivity index (χ1n) is 10.1. The van der Waals surface area contributed by atoms with Crippen molar-refractivity contribution in [2.24, 2.45) is 0 Å². The molecule has 1 heterocycles. The Morgan fingerprint density at radius 1 is 0.968 bits per heavy atom. The third-order valence-corrected chi connectivity index (χ3v) is 5.28. The molecule has 1 unspecified atom stereocenters. The van der Waals surface area contributed by atoms with E-state index in [1.54, 1.807) is 41.3 Å². The predicted molar refractivity (Wildman–Crippen MR) is 110 cm³/mol. The van der Waals surface area contributed by atoms with Gasteiger partial charge in [-0.2, -0.15) is 13.2 Å². The molecule has 0 radical (unpaired) electrons. The summed E-state index contributed by atoms with van der Waals surface area (Å²) in [6.45, 7) is 1.03. The number of rotatable bonds is 8. The van der Waals surface area contributed by atoms with E-state index in [1.807, 2.05) is 12.1 Å². The van der Waals surface area contributed by atoms with E-state index in [4.69, 9.17) is 0 Å². The summed E-state index contributed by atoms with van der Waals surface area (Å²) in [6, 6.07) is 13.5. The second-order valence-corrected chi connectivity index (χ2v) is 7.56. The first-order chi connectivity index (χ1) is 14.7. The van der Waals surface area contributed by atoms with Crippen LogP contribution >= 0.6 is 0 Å². The number of hydrogen-bond acceptors (Lipinski definition) is 5. The van der Waals surface area contributed by atoms with Crippen LogP contribution in [0.5, 0.6) is 11.5 Å². The van der Waals surface area contributed by atoms with Gasteiger partial charge in [-0.25, -0.2) is 0 Å². The summed E-state index contributed by atoms with van der Waals surface area (Å²) < 4.78 is 38.7. The van der Waals surface area contributed by atoms with Crippen molar-refractivity contribution in [1.29, 1.82) is 0 Å². The lowest BCUT2D eigenvalue weighted by molar-refractivity contribution is -0.167. The van der Waals surface area contributed by atoms with E-state index in [2.05, 4.69) is 5.32 Å². The number of aromatic hydroxyl groups is 2. The lowest BCUT2D eigenvalue weighted by Crippen LogP contribution is -2.47. The van der Waals surface area contributed by atoms with Gasteiger partial charge in [0.2, 0.25) is 0 Å². The van der Waals surface area contributed by atoms with Crippen LogP contribution in [-0.4, -0.2) is 46.3 Å². The first-order valence-corrected chi connectivity index (χ1v) is 10.1. The first kappa shape index (κ1) is 22.7. The third-order valence-electron chi connectivity index (χ3n) is 5.28. The van der Waals surface area contributed by atoms with E-state index in [0.29, 0.717) is 32.4 Å². The number of carbonyl (C=O) groups is 1. The van der Waals surface area contributed by atoms with Crippen molar-refractivity contribution in [3.8, 4) is 11.5 Å². The van der Waals surface area contributed by atoms with Crippen molar-refractivity contribution >= 4 is 5.78 Å². The van der Waals surface area contributed by atoms with Crippen molar-refractivity contribution in [3.63, 3.8) is 0 Å². The number of phenols is 2. The highest BCUT2D eigenvalue weighted by molar-refractivity contribution is 5.99. The lowest BCUT2D eigenvalue weighted by atomic mass is 10.00. The van der Waals surface area contributed by atoms with Crippen LogP contribution < -0.4 is 5.32 Å². The number of benzene rings is 2. The minimum atomic E-state index is -4.88. The lowest BCUT2D eigenvalue weighted by Gasteiger charge is -2.36. The molecule has 3 rings (SSSR count). The zero-order chi connectivity index (χ0) is 22.4. The highest BCUT2D eigenvalue weighted by Crippen LogP contribution is 2.28. The SMILES string of the molecule is O=C(C1=CN(CCc2ccc(O)cc2)C(NCCc2ccc(O)cc2)CC1)C(F)(F)F. The minimum absolute atomic E-state index is 0.0604. The Kier molecular flexibility index (Phi) is 7.22. The Balaban J connectivity index is 1.66. The molecule has 0 bridgehead atoms. The Labute approximate surface area is 178 Å². The Morgan fingerprint density at radius 2 is 1.52 bits per heavy atom. The van der Waals surface area contributed by atoms with E-state index in [1.165, 1.54) is 6.20 Å². The number of halogens is 3. The van der Waals surface area contributed by atoms with Crippen LogP contribution in [0.2, 0.25) is 0 Å². The number of nitrogens with zero attached hydrogens (tertiary/aromatic N) is 1. The maximum absolute atomic E-state index is 12.9. The molecule has 0 spiro atoms. The van der Waals surface area contributed by atoms with Gasteiger partial charge in [0.25, 0.3) is 5.78 Å². The van der Waals surface area contributed by atoms with Crippen molar-refractivity contribution < 1.29 is 28.2 Å². The summed E-state index contributed by atoms with van der Waals surface area (Å²) in [7, 11) is 0. The van der Waals surface area contributed by atoms with E-state index in [0.717, 1.165) is 11.1 Å². The Morgan fingerprint density at radius 3 is 2.06 bits per heavy atom. The van der Waals surface area contributed by atoms with Crippen LogP contribution in [0.3, 0.4) is 0 Å². The van der Waals surface area contributed by atoms with Crippen molar-refractivity contribution in [2.75, 3.05) is 13.1 Å². The van der Waals surface area contributed by atoms with Crippen LogP contribution in [0.25, 0.3) is 0 Å². The van der Waals surface area contributed by atoms with E-state index in [9.17, 15) is 28.2 Å². The zero-order valence-corrected chi connectivity index (χ0v) is 16.9. The molecule has 31 heavy (non-hydrogen) atoms. The number of hydrogen-bond donors (Lipinski definition) is 3. The number of allylic oxidation sites excluding steroid dienone is 1. The van der Waals surface area contributed by atoms with Crippen LogP contribution in [0, 0.1) is 0 Å². The molecule has 0 aliphatic carbocycles. The molecule has 0 saturated carbocycles. The number of carbonyl (C=O) groups excluding carboxylic acids is 1. The molecule has 0 amide bonds. The Hall–Kier alpha value is -3.00. The highest BCUT2D eigenvalue weighted by Gasteiger charge is 2.41. The van der Waals surface area contributed by atoms with Crippen molar-refractivity contribution in [2.45, 2.75) is 38.0 Å². The molecule has 2 aromatic rings. The van der Waals surface area contributed by atoms with Gasteiger partial charge in [-0.05, 0) is 61.1 Å². The second-order valence-electron chi connectivity index (χ2n) is 7.56. The van der Waals surface area contributed by atoms with Crippen LogP contribution in [0.4, 0.5) is 13.2 Å². The van der Waals surface area contributed by atoms with Crippen molar-refractivity contribution in [3.05, 3.63) is 71.4 Å². The van der Waals surface area contributed by atoms with Gasteiger partial charge in [-0.3, -0.25) is 10.1 Å². The van der Waals surface area contributed by atoms with Crippen LogP contribution in [-0.2, 0) is 17.6 Å². The average molecular weight is 434 g/mol. The van der Waals surface area contributed by atoms with E-state index >= 15 is 0 Å². The number of Topliss-reactive ketones (excluding diaryl/α,β-unsaturated/α-hetero) is 1. The van der Waals surface area contributed by atoms with Gasteiger partial charge < -0.3 is 15.1 Å². The molecule has 8 heteroatoms. The molecule has 0 fully saturated rings. The molecule has 0 saturated heterocycles. The average Bonchev–Trinajstić information content (AvgIpc) is 2.74. The van der Waals surface area contributed by atoms with Gasteiger partial charge >= 0.3 is 6.18 Å². The summed E-state index contributed by atoms with van der Waals surface area (Å²) >= 11 is 0. The molecule has 3 N–H and O–H groups in total. The molecule has 0 aromatic heterocycles. The summed E-state index contributed by atoms with van der Waals surface area (Å²) in [6.07, 6.45) is -2.05. The second kappa shape index (κ2) is 9.87. The molecule has 166 valence electrons. The molecular weight excluding hydrogens is 409 g/mol. The third kappa shape index (κ3) is 6.49. The number of phenolic OH excluding ortho intramolecular Hbond substituents is 2. The van der Waals surface area contributed by atoms with Gasteiger partial charge in [0.1, 0.15) is 11.5 Å². The summed E-state index contributed by atoms with van der Waals surface area (Å²) in [5.74, 6) is -1.45. The fourth-order valence-corrected chi connectivity index (χ4v) is 3.57. The fourth-order valence-electron chi connectivity index (χ4n) is 3.57. The molecule has 1 atom stereocenters. The highest BCUT2D eigenvalue weighted by atomic mass is 19.4. The Bertz CT molecular complexity index is 909. The van der Waals surface area contributed by atoms with Gasteiger partial charge in [0.05, 0.1) is 6.17 Å². The normalized spacial score (nSPS) is 16.8. The molecule has 2 aromatic carbocycles. The monoisotopic (exact) mass is 434 g/mol. The largest absolute Gasteiger partial charge is 0.508 e. The quantitative estimate of drug-likeness (QED) is 0.588. The maximum Gasteiger partial charge on any atom is 0.454 e. The summed E-state index contributed by atoms with van der Waals surface area (Å²) in [5, 5.41) is 22.1. The predicted octanol–water partition coefficient (Wildman–Crippen LogP) is 3.91. The van der Waals surface area contributed by atoms with Crippen molar-refractivity contribution in [1.82, 2.24) is 10.2 Å². The van der Waals surface area contributed by atoms with Gasteiger partial charge in [0.15, 0.2) is 0 Å². The van der Waals surface area contributed by atoms with Gasteiger partial charge in [0, 0.05) is 24.9 Å².